The molecule has 0 bridgehead atoms. The van der Waals surface area contributed by atoms with Crippen LogP contribution in [0.4, 0.5) is 8.78 Å². The number of halogens is 2. The number of hydrogen-bond donors (Lipinski definition) is 0. The molecular formula is C13H16F2N2O2. The minimum Gasteiger partial charge on any atom is -0.491 e. The number of rotatable bonds is 2. The molecule has 0 fully saturated rings. The minimum absolute atomic E-state index is 0.248. The van der Waals surface area contributed by atoms with Crippen LogP contribution in [0.25, 0.3) is 0 Å². The zero-order valence-electron chi connectivity index (χ0n) is 10.9. The van der Waals surface area contributed by atoms with Crippen LogP contribution < -0.4 is 4.74 Å². The van der Waals surface area contributed by atoms with Crippen molar-refractivity contribution < 1.29 is 18.3 Å². The highest BCUT2D eigenvalue weighted by atomic mass is 19.3. The van der Waals surface area contributed by atoms with Gasteiger partial charge in [0.05, 0.1) is 13.1 Å². The lowest BCUT2D eigenvalue weighted by molar-refractivity contribution is -0.149. The Kier molecular flexibility index (Phi) is 3.68. The molecule has 0 N–H and O–H groups in total. The Balaban J connectivity index is 2.21. The summed E-state index contributed by atoms with van der Waals surface area (Å²) >= 11 is 0. The standard InChI is InChI=1S/C13H16F2N2O2/c1-13(2,11(14)15)12(18)17-5-6-19-10-3-4-16-7-9(10)8-17/h3-4,7,11H,5-6,8H2,1-2H3. The van der Waals surface area contributed by atoms with Crippen LogP contribution in [0.15, 0.2) is 18.5 Å². The van der Waals surface area contributed by atoms with E-state index in [2.05, 4.69) is 4.98 Å². The van der Waals surface area contributed by atoms with E-state index in [4.69, 9.17) is 4.74 Å². The number of hydrogen-bond acceptors (Lipinski definition) is 3. The molecule has 0 aromatic carbocycles. The van der Waals surface area contributed by atoms with Gasteiger partial charge in [-0.25, -0.2) is 8.78 Å². The van der Waals surface area contributed by atoms with E-state index in [9.17, 15) is 13.6 Å². The molecular weight excluding hydrogens is 254 g/mol. The lowest BCUT2D eigenvalue weighted by atomic mass is 9.92. The molecule has 0 atom stereocenters. The summed E-state index contributed by atoms with van der Waals surface area (Å²) in [6.45, 7) is 3.36. The minimum atomic E-state index is -2.70. The van der Waals surface area contributed by atoms with E-state index >= 15 is 0 Å². The van der Waals surface area contributed by atoms with Gasteiger partial charge in [-0.2, -0.15) is 0 Å². The lowest BCUT2D eigenvalue weighted by Crippen LogP contribution is -2.45. The Morgan fingerprint density at radius 3 is 2.95 bits per heavy atom. The number of alkyl halides is 2. The molecule has 0 radical (unpaired) electrons. The van der Waals surface area contributed by atoms with E-state index in [1.165, 1.54) is 18.7 Å². The molecule has 2 rings (SSSR count). The Morgan fingerprint density at radius 1 is 1.53 bits per heavy atom. The van der Waals surface area contributed by atoms with Crippen molar-refractivity contribution in [3.05, 3.63) is 24.0 Å². The van der Waals surface area contributed by atoms with Gasteiger partial charge in [0.25, 0.3) is 6.43 Å². The van der Waals surface area contributed by atoms with Crippen LogP contribution in [-0.2, 0) is 11.3 Å². The third kappa shape index (κ3) is 2.67. The largest absolute Gasteiger partial charge is 0.491 e. The first kappa shape index (κ1) is 13.7. The van der Waals surface area contributed by atoms with Crippen LogP contribution in [0, 0.1) is 5.41 Å². The van der Waals surface area contributed by atoms with Crippen molar-refractivity contribution in [3.63, 3.8) is 0 Å². The first-order chi connectivity index (χ1) is 8.93. The molecule has 0 spiro atoms. The quantitative estimate of drug-likeness (QED) is 0.826. The summed E-state index contributed by atoms with van der Waals surface area (Å²) in [6, 6.07) is 1.71. The van der Waals surface area contributed by atoms with Crippen LogP contribution in [-0.4, -0.2) is 35.4 Å². The molecule has 1 aliphatic heterocycles. The Hall–Kier alpha value is -1.72. The van der Waals surface area contributed by atoms with E-state index in [1.54, 1.807) is 18.5 Å². The van der Waals surface area contributed by atoms with Gasteiger partial charge >= 0.3 is 0 Å². The number of aromatic nitrogens is 1. The van der Waals surface area contributed by atoms with Crippen molar-refractivity contribution >= 4 is 5.91 Å². The predicted molar refractivity (Wildman–Crippen MR) is 64.9 cm³/mol. The molecule has 1 aromatic heterocycles. The van der Waals surface area contributed by atoms with Gasteiger partial charge in [-0.1, -0.05) is 0 Å². The van der Waals surface area contributed by atoms with E-state index in [0.29, 0.717) is 18.9 Å². The van der Waals surface area contributed by atoms with Crippen LogP contribution in [0.2, 0.25) is 0 Å². The molecule has 0 saturated carbocycles. The highest BCUT2D eigenvalue weighted by molar-refractivity contribution is 5.82. The lowest BCUT2D eigenvalue weighted by Gasteiger charge is -2.30. The topological polar surface area (TPSA) is 42.4 Å². The number of carbonyl (C=O) groups excluding carboxylic acids is 1. The van der Waals surface area contributed by atoms with Crippen LogP contribution in [0.3, 0.4) is 0 Å². The fraction of sp³-hybridized carbons (Fsp3) is 0.538. The third-order valence-electron chi connectivity index (χ3n) is 3.22. The molecule has 1 amide bonds. The number of pyridine rings is 1. The summed E-state index contributed by atoms with van der Waals surface area (Å²) in [5.41, 5.74) is -0.953. The molecule has 1 aliphatic rings. The van der Waals surface area contributed by atoms with Gasteiger partial charge in [0.15, 0.2) is 0 Å². The molecule has 0 unspecified atom stereocenters. The van der Waals surface area contributed by atoms with E-state index < -0.39 is 17.7 Å². The fourth-order valence-electron chi connectivity index (χ4n) is 1.90. The SMILES string of the molecule is CC(C)(C(=O)N1CCOc2ccncc2C1)C(F)F. The average Bonchev–Trinajstić information content (AvgIpc) is 2.59. The molecule has 4 nitrogen and oxygen atoms in total. The van der Waals surface area contributed by atoms with Gasteiger partial charge in [0.2, 0.25) is 5.91 Å². The number of amides is 1. The third-order valence-corrected chi connectivity index (χ3v) is 3.22. The highest BCUT2D eigenvalue weighted by Gasteiger charge is 2.41. The van der Waals surface area contributed by atoms with Crippen molar-refractivity contribution in [3.8, 4) is 5.75 Å². The summed E-state index contributed by atoms with van der Waals surface area (Å²) in [5.74, 6) is 0.0861. The van der Waals surface area contributed by atoms with Crippen molar-refractivity contribution in [2.75, 3.05) is 13.2 Å². The van der Waals surface area contributed by atoms with E-state index in [1.807, 2.05) is 0 Å². The maximum absolute atomic E-state index is 12.9. The fourth-order valence-corrected chi connectivity index (χ4v) is 1.90. The van der Waals surface area contributed by atoms with Crippen molar-refractivity contribution in [1.29, 1.82) is 0 Å². The van der Waals surface area contributed by atoms with E-state index in [-0.39, 0.29) is 6.54 Å². The van der Waals surface area contributed by atoms with Gasteiger partial charge in [-0.3, -0.25) is 9.78 Å². The zero-order valence-corrected chi connectivity index (χ0v) is 10.9. The second-order valence-corrected chi connectivity index (χ2v) is 5.08. The predicted octanol–water partition coefficient (Wildman–Crippen LogP) is 2.09. The van der Waals surface area contributed by atoms with Gasteiger partial charge in [-0.15, -0.1) is 0 Å². The van der Waals surface area contributed by atoms with Gasteiger partial charge in [0.1, 0.15) is 17.8 Å². The molecule has 1 aromatic rings. The monoisotopic (exact) mass is 270 g/mol. The summed E-state index contributed by atoms with van der Waals surface area (Å²) in [4.78, 5) is 17.6. The molecule has 104 valence electrons. The molecule has 6 heteroatoms. The van der Waals surface area contributed by atoms with Crippen LogP contribution in [0.1, 0.15) is 19.4 Å². The Bertz CT molecular complexity index is 477. The van der Waals surface area contributed by atoms with Gasteiger partial charge in [-0.05, 0) is 19.9 Å². The molecule has 2 heterocycles. The molecule has 19 heavy (non-hydrogen) atoms. The van der Waals surface area contributed by atoms with Crippen molar-refractivity contribution in [2.24, 2.45) is 5.41 Å². The van der Waals surface area contributed by atoms with E-state index in [0.717, 1.165) is 5.56 Å². The summed E-state index contributed by atoms with van der Waals surface area (Å²) in [7, 11) is 0. The second-order valence-electron chi connectivity index (χ2n) is 5.08. The first-order valence-electron chi connectivity index (χ1n) is 6.06. The maximum Gasteiger partial charge on any atom is 0.252 e. The van der Waals surface area contributed by atoms with Crippen molar-refractivity contribution in [2.45, 2.75) is 26.8 Å². The highest BCUT2D eigenvalue weighted by Crippen LogP contribution is 2.30. The number of carbonyl (C=O) groups is 1. The first-order valence-corrected chi connectivity index (χ1v) is 6.06. The Labute approximate surface area is 110 Å². The normalized spacial score (nSPS) is 15.7. The Morgan fingerprint density at radius 2 is 2.26 bits per heavy atom. The van der Waals surface area contributed by atoms with Crippen LogP contribution in [0.5, 0.6) is 5.75 Å². The smallest absolute Gasteiger partial charge is 0.252 e. The summed E-state index contributed by atoms with van der Waals surface area (Å²) in [6.07, 6.45) is 0.493. The van der Waals surface area contributed by atoms with Crippen molar-refractivity contribution in [1.82, 2.24) is 9.88 Å². The summed E-state index contributed by atoms with van der Waals surface area (Å²) in [5, 5.41) is 0. The zero-order chi connectivity index (χ0) is 14.0. The van der Waals surface area contributed by atoms with Gasteiger partial charge < -0.3 is 9.64 Å². The summed E-state index contributed by atoms with van der Waals surface area (Å²) < 4.78 is 31.3. The number of fused-ring (bicyclic) bond motifs is 1. The number of nitrogens with zero attached hydrogens (tertiary/aromatic N) is 2. The second kappa shape index (κ2) is 5.11. The molecule has 0 aliphatic carbocycles. The maximum atomic E-state index is 12.9. The van der Waals surface area contributed by atoms with Crippen LogP contribution >= 0.6 is 0 Å². The average molecular weight is 270 g/mol. The molecule has 0 saturated heterocycles. The van der Waals surface area contributed by atoms with Gasteiger partial charge in [0, 0.05) is 18.0 Å². The number of ether oxygens (including phenoxy) is 1.